The minimum Gasteiger partial charge on any atom is -0.312 e. The summed E-state index contributed by atoms with van der Waals surface area (Å²) in [5.41, 5.74) is 2.68. The van der Waals surface area contributed by atoms with Gasteiger partial charge in [-0.3, -0.25) is 14.5 Å². The number of hydrogen-bond acceptors (Lipinski definition) is 5. The first-order valence-corrected chi connectivity index (χ1v) is 11.9. The summed E-state index contributed by atoms with van der Waals surface area (Å²) in [6.45, 7) is 3.78. The van der Waals surface area contributed by atoms with Crippen molar-refractivity contribution < 1.29 is 9.59 Å². The third-order valence-electron chi connectivity index (χ3n) is 5.71. The van der Waals surface area contributed by atoms with Crippen molar-refractivity contribution in [2.75, 3.05) is 43.5 Å². The molecule has 9 heteroatoms. The Morgan fingerprint density at radius 2 is 1.91 bits per heavy atom. The Labute approximate surface area is 209 Å². The van der Waals surface area contributed by atoms with Crippen molar-refractivity contribution in [3.63, 3.8) is 0 Å². The smallest absolute Gasteiger partial charge is 0.234 e. The van der Waals surface area contributed by atoms with Crippen LogP contribution in [0.5, 0.6) is 0 Å². The van der Waals surface area contributed by atoms with E-state index in [1.807, 2.05) is 63.5 Å². The number of aryl methyl sites for hydroxylation is 1. The fourth-order valence-corrected chi connectivity index (χ4v) is 5.35. The zero-order valence-corrected chi connectivity index (χ0v) is 21.3. The summed E-state index contributed by atoms with van der Waals surface area (Å²) >= 11 is 7.85. The molecule has 1 unspecified atom stereocenters. The molecule has 2 aromatic carbocycles. The van der Waals surface area contributed by atoms with Gasteiger partial charge in [0.05, 0.1) is 21.2 Å². The molecular formula is C24H28Cl2N4O2S. The highest BCUT2D eigenvalue weighted by Gasteiger charge is 2.38. The lowest BCUT2D eigenvalue weighted by Gasteiger charge is -2.24. The number of hydrogen-bond donors (Lipinski definition) is 0. The van der Waals surface area contributed by atoms with E-state index in [9.17, 15) is 9.59 Å². The fraction of sp³-hybridized carbons (Fsp3) is 0.375. The van der Waals surface area contributed by atoms with Crippen LogP contribution in [0.3, 0.4) is 0 Å². The van der Waals surface area contributed by atoms with Gasteiger partial charge in [0.25, 0.3) is 0 Å². The monoisotopic (exact) mass is 506 g/mol. The maximum absolute atomic E-state index is 13.7. The summed E-state index contributed by atoms with van der Waals surface area (Å²) < 4.78 is 0.889. The summed E-state index contributed by atoms with van der Waals surface area (Å²) in [6, 6.07) is 13.3. The van der Waals surface area contributed by atoms with Gasteiger partial charge in [0.1, 0.15) is 0 Å². The van der Waals surface area contributed by atoms with Gasteiger partial charge in [-0.05, 0) is 57.7 Å². The van der Waals surface area contributed by atoms with Crippen molar-refractivity contribution >= 4 is 68.2 Å². The lowest BCUT2D eigenvalue weighted by Crippen LogP contribution is -2.39. The van der Waals surface area contributed by atoms with Gasteiger partial charge >= 0.3 is 0 Å². The van der Waals surface area contributed by atoms with Gasteiger partial charge in [0.2, 0.25) is 11.8 Å². The molecule has 1 saturated heterocycles. The van der Waals surface area contributed by atoms with Gasteiger partial charge in [-0.2, -0.15) is 0 Å². The number of amides is 2. The number of fused-ring (bicyclic) bond motifs is 1. The molecule has 33 heavy (non-hydrogen) atoms. The second kappa shape index (κ2) is 10.8. The predicted octanol–water partition coefficient (Wildman–Crippen LogP) is 5.02. The van der Waals surface area contributed by atoms with E-state index < -0.39 is 5.92 Å². The van der Waals surface area contributed by atoms with Crippen molar-refractivity contribution in [3.05, 3.63) is 53.1 Å². The molecule has 1 atom stereocenters. The number of benzene rings is 2. The Hall–Kier alpha value is -2.19. The summed E-state index contributed by atoms with van der Waals surface area (Å²) in [5, 5.41) is 1.28. The van der Waals surface area contributed by atoms with Crippen molar-refractivity contribution in [3.8, 4) is 0 Å². The van der Waals surface area contributed by atoms with E-state index in [2.05, 4.69) is 4.90 Å². The van der Waals surface area contributed by atoms with E-state index in [1.54, 1.807) is 9.80 Å². The molecule has 1 aromatic heterocycles. The topological polar surface area (TPSA) is 56.8 Å². The van der Waals surface area contributed by atoms with Crippen molar-refractivity contribution in [1.82, 2.24) is 9.88 Å². The highest BCUT2D eigenvalue weighted by molar-refractivity contribution is 7.23. The molecular weight excluding hydrogens is 479 g/mol. The van der Waals surface area contributed by atoms with E-state index in [-0.39, 0.29) is 30.6 Å². The van der Waals surface area contributed by atoms with Crippen LogP contribution in [-0.2, 0) is 9.59 Å². The third kappa shape index (κ3) is 5.49. The SMILES string of the molecule is Cc1ccc(Cl)c2sc(N(CCCN(C)C)C(=O)C3CC(=O)N(c4ccccc4)C3)nc12.Cl. The zero-order valence-electron chi connectivity index (χ0n) is 19.0. The molecule has 1 fully saturated rings. The van der Waals surface area contributed by atoms with Crippen LogP contribution in [-0.4, -0.2) is 55.4 Å². The summed E-state index contributed by atoms with van der Waals surface area (Å²) in [5.74, 6) is -0.472. The molecule has 0 bridgehead atoms. The first-order valence-electron chi connectivity index (χ1n) is 10.7. The molecule has 0 aliphatic carbocycles. The number of anilines is 2. The van der Waals surface area contributed by atoms with Crippen LogP contribution in [0.1, 0.15) is 18.4 Å². The summed E-state index contributed by atoms with van der Waals surface area (Å²) in [6.07, 6.45) is 1.02. The number of halogens is 2. The third-order valence-corrected chi connectivity index (χ3v) is 7.25. The zero-order chi connectivity index (χ0) is 22.8. The van der Waals surface area contributed by atoms with Crippen LogP contribution in [0, 0.1) is 12.8 Å². The van der Waals surface area contributed by atoms with E-state index >= 15 is 0 Å². The molecule has 0 spiro atoms. The van der Waals surface area contributed by atoms with Crippen molar-refractivity contribution in [2.45, 2.75) is 19.8 Å². The number of nitrogens with zero attached hydrogens (tertiary/aromatic N) is 4. The normalized spacial score (nSPS) is 15.8. The lowest BCUT2D eigenvalue weighted by atomic mass is 10.1. The molecule has 6 nitrogen and oxygen atoms in total. The average molecular weight is 507 g/mol. The standard InChI is InChI=1S/C24H27ClN4O2S.ClH/c1-16-10-11-19(25)22-21(16)26-24(32-22)28(13-7-12-27(2)3)23(31)17-14-20(30)29(15-17)18-8-5-4-6-9-18;/h4-6,8-11,17H,7,12-15H2,1-3H3;1H. The van der Waals surface area contributed by atoms with Crippen molar-refractivity contribution in [2.24, 2.45) is 5.92 Å². The summed E-state index contributed by atoms with van der Waals surface area (Å²) in [4.78, 5) is 36.7. The van der Waals surface area contributed by atoms with Crippen LogP contribution in [0.2, 0.25) is 5.02 Å². The van der Waals surface area contributed by atoms with Gasteiger partial charge in [-0.1, -0.05) is 47.2 Å². The minimum absolute atomic E-state index is 0. The Balaban J connectivity index is 0.00000306. The molecule has 3 aromatic rings. The minimum atomic E-state index is -0.398. The molecule has 0 N–H and O–H groups in total. The Morgan fingerprint density at radius 3 is 2.58 bits per heavy atom. The molecule has 176 valence electrons. The highest BCUT2D eigenvalue weighted by atomic mass is 35.5. The molecule has 2 heterocycles. The molecule has 1 aliphatic rings. The van der Waals surface area contributed by atoms with E-state index in [0.717, 1.165) is 34.4 Å². The van der Waals surface area contributed by atoms with Crippen LogP contribution in [0.25, 0.3) is 10.2 Å². The maximum atomic E-state index is 13.7. The molecule has 2 amide bonds. The first-order chi connectivity index (χ1) is 15.3. The van der Waals surface area contributed by atoms with Crippen LogP contribution in [0.15, 0.2) is 42.5 Å². The Morgan fingerprint density at radius 1 is 1.18 bits per heavy atom. The van der Waals surface area contributed by atoms with Gasteiger partial charge in [0.15, 0.2) is 5.13 Å². The average Bonchev–Trinajstić information content (AvgIpc) is 3.39. The second-order valence-electron chi connectivity index (χ2n) is 8.43. The summed E-state index contributed by atoms with van der Waals surface area (Å²) in [7, 11) is 4.03. The van der Waals surface area contributed by atoms with Gasteiger partial charge in [0, 0.05) is 25.2 Å². The van der Waals surface area contributed by atoms with Gasteiger partial charge < -0.3 is 9.80 Å². The van der Waals surface area contributed by atoms with E-state index in [0.29, 0.717) is 23.2 Å². The molecule has 0 saturated carbocycles. The predicted molar refractivity (Wildman–Crippen MR) is 139 cm³/mol. The van der Waals surface area contributed by atoms with Crippen LogP contribution >= 0.6 is 35.3 Å². The number of aromatic nitrogens is 1. The molecule has 1 aliphatic heterocycles. The number of para-hydroxylation sites is 1. The van der Waals surface area contributed by atoms with E-state index in [1.165, 1.54) is 11.3 Å². The maximum Gasteiger partial charge on any atom is 0.234 e. The Kier molecular flexibility index (Phi) is 8.34. The highest BCUT2D eigenvalue weighted by Crippen LogP contribution is 2.37. The van der Waals surface area contributed by atoms with Gasteiger partial charge in [-0.25, -0.2) is 4.98 Å². The number of thiazole rings is 1. The van der Waals surface area contributed by atoms with Crippen LogP contribution in [0.4, 0.5) is 10.8 Å². The Bertz CT molecular complexity index is 1100. The number of carbonyl (C=O) groups is 2. The second-order valence-corrected chi connectivity index (χ2v) is 9.81. The largest absolute Gasteiger partial charge is 0.312 e. The molecule has 4 rings (SSSR count). The van der Waals surface area contributed by atoms with Gasteiger partial charge in [-0.15, -0.1) is 12.4 Å². The lowest BCUT2D eigenvalue weighted by molar-refractivity contribution is -0.124. The van der Waals surface area contributed by atoms with E-state index in [4.69, 9.17) is 16.6 Å². The van der Waals surface area contributed by atoms with Crippen molar-refractivity contribution in [1.29, 1.82) is 0 Å². The quantitative estimate of drug-likeness (QED) is 0.451. The molecule has 0 radical (unpaired) electrons. The van der Waals surface area contributed by atoms with Crippen LogP contribution < -0.4 is 9.80 Å². The number of rotatable bonds is 7. The fourth-order valence-electron chi connectivity index (χ4n) is 4.00. The number of carbonyl (C=O) groups excluding carboxylic acids is 2. The first kappa shape index (κ1) is 25.4.